The van der Waals surface area contributed by atoms with E-state index in [2.05, 4.69) is 40.0 Å². The molecular weight excluding hydrogens is 415 g/mol. The Balaban J connectivity index is 0.00000529. The third kappa shape index (κ3) is 12.4. The number of anilines is 1. The summed E-state index contributed by atoms with van der Waals surface area (Å²) in [4.78, 5) is 4.22. The van der Waals surface area contributed by atoms with E-state index < -0.39 is 0 Å². The van der Waals surface area contributed by atoms with E-state index in [0.717, 1.165) is 63.8 Å². The second kappa shape index (κ2) is 16.8. The highest BCUT2D eigenvalue weighted by Crippen LogP contribution is 2.03. The van der Waals surface area contributed by atoms with Gasteiger partial charge in [0.1, 0.15) is 0 Å². The normalized spacial score (nSPS) is 10.8. The molecule has 138 valence electrons. The predicted octanol–water partition coefficient (Wildman–Crippen LogP) is 3.48. The number of hydrogen-bond donors (Lipinski definition) is 3. The lowest BCUT2D eigenvalue weighted by Gasteiger charge is -2.12. The van der Waals surface area contributed by atoms with E-state index in [1.165, 1.54) is 6.42 Å². The summed E-state index contributed by atoms with van der Waals surface area (Å²) in [7, 11) is 1.80. The minimum Gasteiger partial charge on any atom is -0.385 e. The standard InChI is InChI=1S/C18H32N4O.HI/c1-3-4-15-23-16-9-14-22-18(19-2)21-13-8-12-20-17-10-6-5-7-11-17;/h5-7,10-11,20H,3-4,8-9,12-16H2,1-2H3,(H2,19,21,22);1H. The number of para-hydroxylation sites is 1. The molecule has 0 saturated carbocycles. The fraction of sp³-hybridized carbons (Fsp3) is 0.611. The molecule has 24 heavy (non-hydrogen) atoms. The lowest BCUT2D eigenvalue weighted by Crippen LogP contribution is -2.38. The van der Waals surface area contributed by atoms with Crippen molar-refractivity contribution in [3.63, 3.8) is 0 Å². The Bertz CT molecular complexity index is 415. The third-order valence-corrected chi connectivity index (χ3v) is 3.37. The van der Waals surface area contributed by atoms with Crippen LogP contribution in [-0.4, -0.2) is 45.9 Å². The van der Waals surface area contributed by atoms with E-state index in [0.29, 0.717) is 0 Å². The van der Waals surface area contributed by atoms with Gasteiger partial charge >= 0.3 is 0 Å². The Morgan fingerprint density at radius 2 is 1.62 bits per heavy atom. The monoisotopic (exact) mass is 448 g/mol. The highest BCUT2D eigenvalue weighted by Gasteiger charge is 1.97. The van der Waals surface area contributed by atoms with Crippen LogP contribution in [0.25, 0.3) is 0 Å². The molecule has 0 radical (unpaired) electrons. The van der Waals surface area contributed by atoms with Crippen molar-refractivity contribution in [3.8, 4) is 0 Å². The van der Waals surface area contributed by atoms with Crippen LogP contribution in [0.5, 0.6) is 0 Å². The zero-order valence-electron chi connectivity index (χ0n) is 15.0. The molecule has 5 nitrogen and oxygen atoms in total. The Kier molecular flexibility index (Phi) is 16.1. The quantitative estimate of drug-likeness (QED) is 0.198. The second-order valence-electron chi connectivity index (χ2n) is 5.39. The lowest BCUT2D eigenvalue weighted by molar-refractivity contribution is 0.129. The molecule has 6 heteroatoms. The van der Waals surface area contributed by atoms with E-state index in [9.17, 15) is 0 Å². The highest BCUT2D eigenvalue weighted by atomic mass is 127. The molecule has 0 atom stereocenters. The van der Waals surface area contributed by atoms with Gasteiger partial charge in [-0.25, -0.2) is 0 Å². The first kappa shape index (κ1) is 23.0. The highest BCUT2D eigenvalue weighted by molar-refractivity contribution is 14.0. The minimum atomic E-state index is 0. The van der Waals surface area contributed by atoms with Gasteiger partial charge in [-0.1, -0.05) is 31.5 Å². The van der Waals surface area contributed by atoms with Crippen molar-refractivity contribution in [2.75, 3.05) is 45.2 Å². The van der Waals surface area contributed by atoms with Crippen LogP contribution in [0, 0.1) is 0 Å². The second-order valence-corrected chi connectivity index (χ2v) is 5.39. The molecular formula is C18H33IN4O. The van der Waals surface area contributed by atoms with Gasteiger partial charge in [0.15, 0.2) is 5.96 Å². The average molecular weight is 448 g/mol. The largest absolute Gasteiger partial charge is 0.385 e. The molecule has 0 aliphatic heterocycles. The van der Waals surface area contributed by atoms with Gasteiger partial charge in [0.25, 0.3) is 0 Å². The first-order valence-corrected chi connectivity index (χ1v) is 8.68. The summed E-state index contributed by atoms with van der Waals surface area (Å²) in [6, 6.07) is 10.3. The van der Waals surface area contributed by atoms with Crippen molar-refractivity contribution < 1.29 is 4.74 Å². The van der Waals surface area contributed by atoms with E-state index in [1.807, 2.05) is 18.2 Å². The molecule has 0 heterocycles. The van der Waals surface area contributed by atoms with Crippen LogP contribution in [0.15, 0.2) is 35.3 Å². The topological polar surface area (TPSA) is 57.7 Å². The lowest BCUT2D eigenvalue weighted by atomic mass is 10.3. The number of nitrogens with one attached hydrogen (secondary N) is 3. The van der Waals surface area contributed by atoms with Crippen molar-refractivity contribution >= 4 is 35.6 Å². The molecule has 3 N–H and O–H groups in total. The summed E-state index contributed by atoms with van der Waals surface area (Å²) in [5.74, 6) is 0.860. The van der Waals surface area contributed by atoms with Crippen LogP contribution >= 0.6 is 24.0 Å². The summed E-state index contributed by atoms with van der Waals surface area (Å²) in [6.45, 7) is 6.58. The summed E-state index contributed by atoms with van der Waals surface area (Å²) >= 11 is 0. The molecule has 0 spiro atoms. The summed E-state index contributed by atoms with van der Waals surface area (Å²) in [5, 5.41) is 10.0. The molecule has 0 aromatic heterocycles. The van der Waals surface area contributed by atoms with Gasteiger partial charge in [0.2, 0.25) is 0 Å². The number of aliphatic imine (C=N–C) groups is 1. The smallest absolute Gasteiger partial charge is 0.190 e. The van der Waals surface area contributed by atoms with Gasteiger partial charge in [-0.05, 0) is 31.4 Å². The van der Waals surface area contributed by atoms with Crippen LogP contribution < -0.4 is 16.0 Å². The molecule has 1 rings (SSSR count). The average Bonchev–Trinajstić information content (AvgIpc) is 2.59. The first-order chi connectivity index (χ1) is 11.4. The van der Waals surface area contributed by atoms with Gasteiger partial charge in [-0.15, -0.1) is 24.0 Å². The van der Waals surface area contributed by atoms with Crippen molar-refractivity contribution in [2.24, 2.45) is 4.99 Å². The van der Waals surface area contributed by atoms with E-state index in [-0.39, 0.29) is 24.0 Å². The van der Waals surface area contributed by atoms with Crippen LogP contribution in [0.2, 0.25) is 0 Å². The van der Waals surface area contributed by atoms with Crippen molar-refractivity contribution in [1.29, 1.82) is 0 Å². The number of halogens is 1. The minimum absolute atomic E-state index is 0. The van der Waals surface area contributed by atoms with Crippen LogP contribution in [0.4, 0.5) is 5.69 Å². The SMILES string of the molecule is CCCCOCCCNC(=NC)NCCCNc1ccccc1.I. The van der Waals surface area contributed by atoms with E-state index in [4.69, 9.17) is 4.74 Å². The Hall–Kier alpha value is -1.02. The zero-order chi connectivity index (χ0) is 16.6. The fourth-order valence-corrected chi connectivity index (χ4v) is 2.03. The van der Waals surface area contributed by atoms with Crippen LogP contribution in [-0.2, 0) is 4.74 Å². The fourth-order valence-electron chi connectivity index (χ4n) is 2.03. The predicted molar refractivity (Wildman–Crippen MR) is 115 cm³/mol. The van der Waals surface area contributed by atoms with Crippen LogP contribution in [0.3, 0.4) is 0 Å². The van der Waals surface area contributed by atoms with Crippen molar-refractivity contribution in [3.05, 3.63) is 30.3 Å². The summed E-state index contributed by atoms with van der Waals surface area (Å²) in [5.41, 5.74) is 1.16. The van der Waals surface area contributed by atoms with Crippen LogP contribution in [0.1, 0.15) is 32.6 Å². The maximum atomic E-state index is 5.54. The molecule has 1 aromatic carbocycles. The number of unbranched alkanes of at least 4 members (excludes halogenated alkanes) is 1. The first-order valence-electron chi connectivity index (χ1n) is 8.68. The summed E-state index contributed by atoms with van der Waals surface area (Å²) in [6.07, 6.45) is 4.37. The Morgan fingerprint density at radius 3 is 2.29 bits per heavy atom. The maximum Gasteiger partial charge on any atom is 0.190 e. The number of nitrogens with zero attached hydrogens (tertiary/aromatic N) is 1. The number of guanidine groups is 1. The molecule has 0 bridgehead atoms. The maximum absolute atomic E-state index is 5.54. The van der Waals surface area contributed by atoms with E-state index in [1.54, 1.807) is 7.05 Å². The molecule has 0 fully saturated rings. The number of rotatable bonds is 12. The Morgan fingerprint density at radius 1 is 0.958 bits per heavy atom. The molecule has 1 aromatic rings. The van der Waals surface area contributed by atoms with Gasteiger partial charge < -0.3 is 20.7 Å². The van der Waals surface area contributed by atoms with Gasteiger partial charge in [0, 0.05) is 45.6 Å². The number of hydrogen-bond acceptors (Lipinski definition) is 3. The Labute approximate surface area is 164 Å². The molecule has 0 saturated heterocycles. The van der Waals surface area contributed by atoms with Crippen molar-refractivity contribution in [1.82, 2.24) is 10.6 Å². The molecule has 0 unspecified atom stereocenters. The summed E-state index contributed by atoms with van der Waals surface area (Å²) < 4.78 is 5.54. The van der Waals surface area contributed by atoms with Gasteiger partial charge in [-0.2, -0.15) is 0 Å². The van der Waals surface area contributed by atoms with E-state index >= 15 is 0 Å². The molecule has 0 amide bonds. The van der Waals surface area contributed by atoms with Gasteiger partial charge in [-0.3, -0.25) is 4.99 Å². The molecule has 0 aliphatic rings. The zero-order valence-corrected chi connectivity index (χ0v) is 17.3. The number of benzene rings is 1. The van der Waals surface area contributed by atoms with Gasteiger partial charge in [0.05, 0.1) is 0 Å². The number of ether oxygens (including phenoxy) is 1. The van der Waals surface area contributed by atoms with Crippen molar-refractivity contribution in [2.45, 2.75) is 32.6 Å². The molecule has 0 aliphatic carbocycles. The third-order valence-electron chi connectivity index (χ3n) is 3.37.